The summed E-state index contributed by atoms with van der Waals surface area (Å²) >= 11 is 1.73. The molecule has 118 valence electrons. The molecule has 0 atom stereocenters. The number of H-pyrrole nitrogens is 1. The van der Waals surface area contributed by atoms with E-state index in [-0.39, 0.29) is 5.56 Å². The van der Waals surface area contributed by atoms with Crippen LogP contribution in [0.15, 0.2) is 4.79 Å². The summed E-state index contributed by atoms with van der Waals surface area (Å²) in [6, 6.07) is 0.703. The molecule has 2 aromatic heterocycles. The van der Waals surface area contributed by atoms with Crippen molar-refractivity contribution in [2.75, 3.05) is 14.1 Å². The van der Waals surface area contributed by atoms with Crippen LogP contribution in [0.2, 0.25) is 0 Å². The maximum atomic E-state index is 12.5. The molecule has 2 aromatic rings. The fraction of sp³-hybridized carbons (Fsp3) is 0.647. The lowest BCUT2D eigenvalue weighted by molar-refractivity contribution is -0.927. The largest absolute Gasteiger partial charge is 0.320 e. The van der Waals surface area contributed by atoms with Gasteiger partial charge in [-0.25, -0.2) is 4.98 Å². The molecule has 1 fully saturated rings. The van der Waals surface area contributed by atoms with Crippen LogP contribution in [0.25, 0.3) is 10.2 Å². The first kappa shape index (κ1) is 14.4. The molecule has 0 aliphatic heterocycles. The summed E-state index contributed by atoms with van der Waals surface area (Å²) in [7, 11) is 4.54. The SMILES string of the molecule is C[N+](C)(Cc1nc2sc3c(c2c(=O)[nH]1)CCC3)C1CCCC1. The minimum atomic E-state index is 0.0748. The standard InChI is InChI=1S/C17H23N3OS/c1-20(2,11-6-3-4-7-11)10-14-18-16(21)15-12-8-5-9-13(12)22-17(15)19-14/h11H,3-10H2,1-2H3/p+1. The molecule has 1 N–H and O–H groups in total. The van der Waals surface area contributed by atoms with Crippen molar-refractivity contribution in [3.05, 3.63) is 26.6 Å². The molecule has 2 heterocycles. The second kappa shape index (κ2) is 5.17. The summed E-state index contributed by atoms with van der Waals surface area (Å²) in [4.78, 5) is 22.7. The van der Waals surface area contributed by atoms with Gasteiger partial charge in [0.15, 0.2) is 5.82 Å². The molecule has 2 aliphatic carbocycles. The highest BCUT2D eigenvalue weighted by molar-refractivity contribution is 7.18. The normalized spacial score (nSPS) is 19.2. The fourth-order valence-electron chi connectivity index (χ4n) is 4.24. The van der Waals surface area contributed by atoms with Crippen molar-refractivity contribution in [3.8, 4) is 0 Å². The van der Waals surface area contributed by atoms with E-state index in [1.54, 1.807) is 11.3 Å². The molecule has 4 rings (SSSR count). The van der Waals surface area contributed by atoms with Crippen molar-refractivity contribution < 1.29 is 4.48 Å². The molecule has 0 unspecified atom stereocenters. The van der Waals surface area contributed by atoms with Crippen molar-refractivity contribution in [1.82, 2.24) is 9.97 Å². The number of nitrogens with one attached hydrogen (secondary N) is 1. The smallest absolute Gasteiger partial charge is 0.260 e. The Morgan fingerprint density at radius 1 is 1.23 bits per heavy atom. The Morgan fingerprint density at radius 2 is 2.00 bits per heavy atom. The van der Waals surface area contributed by atoms with Crippen LogP contribution in [0.5, 0.6) is 0 Å². The molecule has 4 nitrogen and oxygen atoms in total. The van der Waals surface area contributed by atoms with E-state index in [0.29, 0.717) is 6.04 Å². The van der Waals surface area contributed by atoms with Crippen LogP contribution in [0, 0.1) is 0 Å². The lowest BCUT2D eigenvalue weighted by Crippen LogP contribution is -2.47. The van der Waals surface area contributed by atoms with Gasteiger partial charge >= 0.3 is 0 Å². The number of hydrogen-bond acceptors (Lipinski definition) is 3. The zero-order valence-corrected chi connectivity index (χ0v) is 14.3. The number of rotatable bonds is 3. The van der Waals surface area contributed by atoms with Crippen molar-refractivity contribution in [3.63, 3.8) is 0 Å². The highest BCUT2D eigenvalue weighted by Crippen LogP contribution is 2.35. The third-order valence-electron chi connectivity index (χ3n) is 5.49. The Hall–Kier alpha value is -1.20. The summed E-state index contributed by atoms with van der Waals surface area (Å²) in [5.74, 6) is 0.856. The fourth-order valence-corrected chi connectivity index (χ4v) is 5.52. The molecular formula is C17H24N3OS+. The lowest BCUT2D eigenvalue weighted by atomic mass is 10.2. The van der Waals surface area contributed by atoms with Gasteiger partial charge in [0.25, 0.3) is 5.56 Å². The molecule has 0 radical (unpaired) electrons. The van der Waals surface area contributed by atoms with Crippen LogP contribution < -0.4 is 5.56 Å². The number of thiophene rings is 1. The summed E-state index contributed by atoms with van der Waals surface area (Å²) < 4.78 is 0.930. The van der Waals surface area contributed by atoms with Crippen molar-refractivity contribution >= 4 is 21.6 Å². The number of hydrogen-bond donors (Lipinski definition) is 1. The van der Waals surface area contributed by atoms with Gasteiger partial charge in [-0.05, 0) is 50.5 Å². The third kappa shape index (κ3) is 2.31. The van der Waals surface area contributed by atoms with Gasteiger partial charge < -0.3 is 9.47 Å². The van der Waals surface area contributed by atoms with Crippen LogP contribution in [0.4, 0.5) is 0 Å². The predicted molar refractivity (Wildman–Crippen MR) is 90.3 cm³/mol. The average Bonchev–Trinajstić information content (AvgIpc) is 3.13. The molecule has 0 aromatic carbocycles. The number of aromatic amines is 1. The van der Waals surface area contributed by atoms with Gasteiger partial charge in [0.2, 0.25) is 0 Å². The van der Waals surface area contributed by atoms with E-state index in [1.807, 2.05) is 0 Å². The molecule has 22 heavy (non-hydrogen) atoms. The molecule has 1 saturated carbocycles. The van der Waals surface area contributed by atoms with Gasteiger partial charge in [-0.3, -0.25) is 4.79 Å². The first-order chi connectivity index (χ1) is 10.5. The topological polar surface area (TPSA) is 45.8 Å². The van der Waals surface area contributed by atoms with Gasteiger partial charge in [-0.2, -0.15) is 0 Å². The first-order valence-corrected chi connectivity index (χ1v) is 9.22. The molecule has 0 saturated heterocycles. The van der Waals surface area contributed by atoms with Crippen molar-refractivity contribution in [2.24, 2.45) is 0 Å². The quantitative estimate of drug-likeness (QED) is 0.884. The Labute approximate surface area is 134 Å². The number of aryl methyl sites for hydroxylation is 2. The molecule has 2 aliphatic rings. The van der Waals surface area contributed by atoms with Gasteiger partial charge in [0, 0.05) is 4.88 Å². The average molecular weight is 318 g/mol. The van der Waals surface area contributed by atoms with E-state index in [1.165, 1.54) is 42.5 Å². The van der Waals surface area contributed by atoms with Gasteiger partial charge in [-0.1, -0.05) is 0 Å². The first-order valence-electron chi connectivity index (χ1n) is 8.41. The number of aromatic nitrogens is 2. The molecule has 0 spiro atoms. The van der Waals surface area contributed by atoms with Gasteiger partial charge in [-0.15, -0.1) is 11.3 Å². The molecule has 0 bridgehead atoms. The van der Waals surface area contributed by atoms with E-state index in [4.69, 9.17) is 4.98 Å². The van der Waals surface area contributed by atoms with Gasteiger partial charge in [0.1, 0.15) is 11.4 Å². The van der Waals surface area contributed by atoms with E-state index < -0.39 is 0 Å². The second-order valence-electron chi connectivity index (χ2n) is 7.43. The lowest BCUT2D eigenvalue weighted by Gasteiger charge is -2.35. The molecular weight excluding hydrogens is 294 g/mol. The van der Waals surface area contributed by atoms with E-state index in [0.717, 1.165) is 39.9 Å². The van der Waals surface area contributed by atoms with Crippen molar-refractivity contribution in [2.45, 2.75) is 57.5 Å². The zero-order valence-electron chi connectivity index (χ0n) is 13.4. The van der Waals surface area contributed by atoms with E-state index in [2.05, 4.69) is 19.1 Å². The number of nitrogens with zero attached hydrogens (tertiary/aromatic N) is 2. The number of fused-ring (bicyclic) bond motifs is 3. The minimum Gasteiger partial charge on any atom is -0.320 e. The Morgan fingerprint density at radius 3 is 2.77 bits per heavy atom. The Kier molecular flexibility index (Phi) is 3.38. The van der Waals surface area contributed by atoms with Gasteiger partial charge in [0.05, 0.1) is 25.5 Å². The Balaban J connectivity index is 1.69. The maximum absolute atomic E-state index is 12.5. The third-order valence-corrected chi connectivity index (χ3v) is 6.68. The summed E-state index contributed by atoms with van der Waals surface area (Å²) in [6.45, 7) is 0.818. The van der Waals surface area contributed by atoms with Crippen LogP contribution in [0.1, 0.15) is 48.4 Å². The highest BCUT2D eigenvalue weighted by Gasteiger charge is 2.32. The predicted octanol–water partition coefficient (Wildman–Crippen LogP) is 2.99. The number of quaternary nitrogens is 1. The van der Waals surface area contributed by atoms with Crippen molar-refractivity contribution in [1.29, 1.82) is 0 Å². The van der Waals surface area contributed by atoms with E-state index in [9.17, 15) is 4.79 Å². The second-order valence-corrected chi connectivity index (χ2v) is 8.51. The zero-order chi connectivity index (χ0) is 15.3. The molecule has 0 amide bonds. The van der Waals surface area contributed by atoms with E-state index >= 15 is 0 Å². The summed E-state index contributed by atoms with van der Waals surface area (Å²) in [5, 5.41) is 0.868. The molecule has 5 heteroatoms. The van der Waals surface area contributed by atoms with Crippen LogP contribution in [-0.2, 0) is 19.4 Å². The monoisotopic (exact) mass is 318 g/mol. The summed E-state index contributed by atoms with van der Waals surface area (Å²) in [6.07, 6.45) is 8.63. The summed E-state index contributed by atoms with van der Waals surface area (Å²) in [5.41, 5.74) is 1.34. The minimum absolute atomic E-state index is 0.0748. The highest BCUT2D eigenvalue weighted by atomic mass is 32.1. The van der Waals surface area contributed by atoms with Crippen LogP contribution in [0.3, 0.4) is 0 Å². The van der Waals surface area contributed by atoms with Crippen LogP contribution in [-0.4, -0.2) is 34.6 Å². The Bertz CT molecular complexity index is 768. The van der Waals surface area contributed by atoms with Crippen LogP contribution >= 0.6 is 11.3 Å². The maximum Gasteiger partial charge on any atom is 0.260 e.